The Morgan fingerprint density at radius 3 is 2.57 bits per heavy atom. The maximum Gasteiger partial charge on any atom is 0.244 e. The van der Waals surface area contributed by atoms with Crippen molar-refractivity contribution < 1.29 is 13.2 Å². The summed E-state index contributed by atoms with van der Waals surface area (Å²) in [5.74, 6) is 0.239. The van der Waals surface area contributed by atoms with Crippen LogP contribution in [0, 0.1) is 17.2 Å². The fourth-order valence-corrected chi connectivity index (χ4v) is 4.95. The van der Waals surface area contributed by atoms with E-state index in [2.05, 4.69) is 10.4 Å². The van der Waals surface area contributed by atoms with Crippen molar-refractivity contribution in [1.29, 1.82) is 5.26 Å². The molecule has 1 aromatic heterocycles. The normalized spacial score (nSPS) is 16.1. The monoisotopic (exact) mass is 401 g/mol. The Morgan fingerprint density at radius 1 is 1.25 bits per heavy atom. The average molecular weight is 401 g/mol. The largest absolute Gasteiger partial charge is 0.311 e. The van der Waals surface area contributed by atoms with E-state index in [-0.39, 0.29) is 41.4 Å². The minimum Gasteiger partial charge on any atom is -0.311 e. The lowest BCUT2D eigenvalue weighted by molar-refractivity contribution is -0.121. The second-order valence-electron chi connectivity index (χ2n) is 7.03. The SMILES string of the molecule is CC(C)n1nccc1NC(=O)C1CCN(S(=O)(=O)c2ccccc2C#N)CC1. The van der Waals surface area contributed by atoms with Crippen LogP contribution in [0.25, 0.3) is 0 Å². The third-order valence-electron chi connectivity index (χ3n) is 4.86. The number of sulfonamides is 1. The molecule has 0 aliphatic carbocycles. The predicted octanol–water partition coefficient (Wildman–Crippen LogP) is 2.38. The first kappa shape index (κ1) is 20.0. The second-order valence-corrected chi connectivity index (χ2v) is 8.94. The number of aromatic nitrogens is 2. The van der Waals surface area contributed by atoms with E-state index in [1.54, 1.807) is 29.1 Å². The van der Waals surface area contributed by atoms with Gasteiger partial charge in [-0.3, -0.25) is 4.79 Å². The van der Waals surface area contributed by atoms with Crippen molar-refractivity contribution in [3.63, 3.8) is 0 Å². The van der Waals surface area contributed by atoms with E-state index in [0.717, 1.165) is 0 Å². The fraction of sp³-hybridized carbons (Fsp3) is 0.421. The van der Waals surface area contributed by atoms with Crippen molar-refractivity contribution in [3.05, 3.63) is 42.1 Å². The molecule has 1 aromatic carbocycles. The number of carbonyl (C=O) groups is 1. The highest BCUT2D eigenvalue weighted by molar-refractivity contribution is 7.89. The Balaban J connectivity index is 1.66. The van der Waals surface area contributed by atoms with Gasteiger partial charge in [0.15, 0.2) is 0 Å². The molecule has 28 heavy (non-hydrogen) atoms. The van der Waals surface area contributed by atoms with Crippen molar-refractivity contribution in [2.45, 2.75) is 37.6 Å². The summed E-state index contributed by atoms with van der Waals surface area (Å²) in [5, 5.41) is 16.3. The lowest BCUT2D eigenvalue weighted by Crippen LogP contribution is -2.41. The van der Waals surface area contributed by atoms with E-state index in [9.17, 15) is 18.5 Å². The molecular weight excluding hydrogens is 378 g/mol. The van der Waals surface area contributed by atoms with Crippen LogP contribution in [0.15, 0.2) is 41.4 Å². The number of nitriles is 1. The Labute approximate surface area is 164 Å². The summed E-state index contributed by atoms with van der Waals surface area (Å²) in [7, 11) is -3.76. The number of benzene rings is 1. The summed E-state index contributed by atoms with van der Waals surface area (Å²) >= 11 is 0. The molecule has 9 heteroatoms. The first-order chi connectivity index (χ1) is 13.3. The Morgan fingerprint density at radius 2 is 1.93 bits per heavy atom. The van der Waals surface area contributed by atoms with Gasteiger partial charge in [0.2, 0.25) is 15.9 Å². The molecule has 3 rings (SSSR count). The molecule has 0 radical (unpaired) electrons. The van der Waals surface area contributed by atoms with E-state index in [0.29, 0.717) is 18.7 Å². The molecule has 0 unspecified atom stereocenters. The van der Waals surface area contributed by atoms with Crippen molar-refractivity contribution in [3.8, 4) is 6.07 Å². The first-order valence-electron chi connectivity index (χ1n) is 9.18. The van der Waals surface area contributed by atoms with Crippen molar-refractivity contribution in [1.82, 2.24) is 14.1 Å². The molecule has 1 N–H and O–H groups in total. The third-order valence-corrected chi connectivity index (χ3v) is 6.82. The topological polar surface area (TPSA) is 108 Å². The Bertz CT molecular complexity index is 999. The van der Waals surface area contributed by atoms with Crippen LogP contribution in [0.1, 0.15) is 38.3 Å². The zero-order valence-electron chi connectivity index (χ0n) is 15.9. The van der Waals surface area contributed by atoms with Crippen LogP contribution in [-0.2, 0) is 14.8 Å². The number of anilines is 1. The number of piperidine rings is 1. The van der Waals surface area contributed by atoms with Gasteiger partial charge in [-0.2, -0.15) is 14.7 Å². The van der Waals surface area contributed by atoms with Crippen LogP contribution in [0.3, 0.4) is 0 Å². The molecule has 8 nitrogen and oxygen atoms in total. The lowest BCUT2D eigenvalue weighted by Gasteiger charge is -2.30. The van der Waals surface area contributed by atoms with Crippen molar-refractivity contribution in [2.75, 3.05) is 18.4 Å². The molecule has 0 saturated carbocycles. The summed E-state index contributed by atoms with van der Waals surface area (Å²) < 4.78 is 28.8. The van der Waals surface area contributed by atoms with E-state index in [1.807, 2.05) is 19.9 Å². The standard InChI is InChI=1S/C19H23N5O3S/c1-14(2)24-18(7-10-21-24)22-19(25)15-8-11-23(12-9-15)28(26,27)17-6-4-3-5-16(17)13-20/h3-7,10,14-15H,8-9,11-12H2,1-2H3,(H,22,25). The van der Waals surface area contributed by atoms with Crippen LogP contribution in [0.2, 0.25) is 0 Å². The van der Waals surface area contributed by atoms with E-state index in [4.69, 9.17) is 0 Å². The number of hydrogen-bond acceptors (Lipinski definition) is 5. The van der Waals surface area contributed by atoms with Gasteiger partial charge in [-0.05, 0) is 38.8 Å². The summed E-state index contributed by atoms with van der Waals surface area (Å²) in [4.78, 5) is 12.6. The van der Waals surface area contributed by atoms with Gasteiger partial charge < -0.3 is 5.32 Å². The van der Waals surface area contributed by atoms with Crippen molar-refractivity contribution >= 4 is 21.7 Å². The molecular formula is C19H23N5O3S. The summed E-state index contributed by atoms with van der Waals surface area (Å²) in [6.45, 7) is 4.43. The number of nitrogens with zero attached hydrogens (tertiary/aromatic N) is 4. The van der Waals surface area contributed by atoms with Gasteiger partial charge >= 0.3 is 0 Å². The number of amides is 1. The van der Waals surface area contributed by atoms with E-state index >= 15 is 0 Å². The maximum absolute atomic E-state index is 12.9. The van der Waals surface area contributed by atoms with Crippen LogP contribution < -0.4 is 5.32 Å². The molecule has 1 amide bonds. The fourth-order valence-electron chi connectivity index (χ4n) is 3.33. The molecule has 0 atom stereocenters. The molecule has 1 fully saturated rings. The van der Waals surface area contributed by atoms with Gasteiger partial charge in [0, 0.05) is 31.1 Å². The van der Waals surface area contributed by atoms with E-state index in [1.165, 1.54) is 16.4 Å². The zero-order valence-corrected chi connectivity index (χ0v) is 16.7. The Hall–Kier alpha value is -2.70. The van der Waals surface area contributed by atoms with Gasteiger partial charge in [-0.25, -0.2) is 13.1 Å². The highest BCUT2D eigenvalue weighted by Crippen LogP contribution is 2.26. The number of carbonyl (C=O) groups excluding carboxylic acids is 1. The summed E-state index contributed by atoms with van der Waals surface area (Å²) in [6.07, 6.45) is 2.49. The molecule has 2 heterocycles. The lowest BCUT2D eigenvalue weighted by atomic mass is 9.97. The molecule has 2 aromatic rings. The van der Waals surface area contributed by atoms with Crippen LogP contribution in [0.4, 0.5) is 5.82 Å². The molecule has 148 valence electrons. The Kier molecular flexibility index (Phi) is 5.82. The minimum absolute atomic E-state index is 0.0150. The summed E-state index contributed by atoms with van der Waals surface area (Å²) in [6, 6.07) is 9.97. The average Bonchev–Trinajstić information content (AvgIpc) is 3.16. The number of rotatable bonds is 5. The van der Waals surface area contributed by atoms with Gasteiger partial charge in [0.1, 0.15) is 11.9 Å². The number of hydrogen-bond donors (Lipinski definition) is 1. The van der Waals surface area contributed by atoms with Gasteiger partial charge in [-0.1, -0.05) is 12.1 Å². The number of nitrogens with one attached hydrogen (secondary N) is 1. The molecule has 1 aliphatic rings. The highest BCUT2D eigenvalue weighted by Gasteiger charge is 2.33. The molecule has 0 spiro atoms. The van der Waals surface area contributed by atoms with Gasteiger partial charge in [0.25, 0.3) is 0 Å². The molecule has 0 bridgehead atoms. The van der Waals surface area contributed by atoms with Crippen LogP contribution in [0.5, 0.6) is 0 Å². The highest BCUT2D eigenvalue weighted by atomic mass is 32.2. The molecule has 1 saturated heterocycles. The maximum atomic E-state index is 12.9. The van der Waals surface area contributed by atoms with Crippen molar-refractivity contribution in [2.24, 2.45) is 5.92 Å². The third kappa shape index (κ3) is 3.93. The first-order valence-corrected chi connectivity index (χ1v) is 10.6. The van der Waals surface area contributed by atoms with Crippen LogP contribution >= 0.6 is 0 Å². The molecule has 1 aliphatic heterocycles. The smallest absolute Gasteiger partial charge is 0.244 e. The summed E-state index contributed by atoms with van der Waals surface area (Å²) in [5.41, 5.74) is 0.129. The minimum atomic E-state index is -3.76. The second kappa shape index (κ2) is 8.12. The van der Waals surface area contributed by atoms with Gasteiger partial charge in [0.05, 0.1) is 16.7 Å². The quantitative estimate of drug-likeness (QED) is 0.827. The van der Waals surface area contributed by atoms with Gasteiger partial charge in [-0.15, -0.1) is 0 Å². The predicted molar refractivity (Wildman–Crippen MR) is 104 cm³/mol. The zero-order chi connectivity index (χ0) is 20.3. The van der Waals surface area contributed by atoms with Crippen LogP contribution in [-0.4, -0.2) is 41.5 Å². The van der Waals surface area contributed by atoms with E-state index < -0.39 is 10.0 Å².